The molecule has 2 aliphatic heterocycles. The molecular formula is C17H25F3N4O4. The zero-order valence-electron chi connectivity index (χ0n) is 15.9. The summed E-state index contributed by atoms with van der Waals surface area (Å²) in [6.07, 6.45) is 0.550. The molecule has 3 heterocycles. The third kappa shape index (κ3) is 5.93. The van der Waals surface area contributed by atoms with Crippen LogP contribution in [0.15, 0.2) is 12.5 Å². The molecule has 0 aromatic carbocycles. The number of piperidine rings is 1. The van der Waals surface area contributed by atoms with E-state index in [-0.39, 0.29) is 11.3 Å². The normalized spacial score (nSPS) is 23.7. The lowest BCUT2D eigenvalue weighted by atomic mass is 9.80. The monoisotopic (exact) mass is 406 g/mol. The highest BCUT2D eigenvalue weighted by Gasteiger charge is 2.40. The Labute approximate surface area is 160 Å². The maximum atomic E-state index is 12.6. The van der Waals surface area contributed by atoms with E-state index < -0.39 is 12.1 Å². The number of amides is 1. The Morgan fingerprint density at radius 1 is 1.25 bits per heavy atom. The molecule has 1 amide bonds. The van der Waals surface area contributed by atoms with Crippen molar-refractivity contribution in [3.63, 3.8) is 0 Å². The van der Waals surface area contributed by atoms with Gasteiger partial charge in [0.2, 0.25) is 0 Å². The van der Waals surface area contributed by atoms with Crippen molar-refractivity contribution in [1.82, 2.24) is 19.4 Å². The van der Waals surface area contributed by atoms with Gasteiger partial charge in [-0.05, 0) is 19.9 Å². The lowest BCUT2D eigenvalue weighted by Gasteiger charge is -2.43. The molecule has 2 aliphatic rings. The highest BCUT2D eigenvalue weighted by atomic mass is 19.4. The number of hydrogen-bond acceptors (Lipinski definition) is 5. The fourth-order valence-electron chi connectivity index (χ4n) is 3.52. The lowest BCUT2D eigenvalue weighted by Crippen LogP contribution is -2.51. The molecule has 28 heavy (non-hydrogen) atoms. The zero-order valence-corrected chi connectivity index (χ0v) is 15.9. The Balaban J connectivity index is 0.000000345. The standard InChI is InChI=1S/C15H24N4O2.C2HF3O2/c1-17-6-7-21-11-15(9-17)4-3-5-19(10-15)14(20)13-8-18(2)12-16-13;3-2(4,5)1(6)7/h8,12H,3-7,9-11H2,1-2H3;(H,6,7). The van der Waals surface area contributed by atoms with Crippen molar-refractivity contribution in [1.29, 1.82) is 0 Å². The molecule has 2 saturated heterocycles. The summed E-state index contributed by atoms with van der Waals surface area (Å²) in [6, 6.07) is 0. The Hall–Kier alpha value is -2.14. The molecular weight excluding hydrogens is 381 g/mol. The van der Waals surface area contributed by atoms with Crippen LogP contribution in [0.1, 0.15) is 23.3 Å². The summed E-state index contributed by atoms with van der Waals surface area (Å²) in [5, 5.41) is 7.12. The van der Waals surface area contributed by atoms with Crippen LogP contribution in [-0.4, -0.2) is 89.0 Å². The van der Waals surface area contributed by atoms with E-state index in [1.54, 1.807) is 12.5 Å². The lowest BCUT2D eigenvalue weighted by molar-refractivity contribution is -0.192. The predicted molar refractivity (Wildman–Crippen MR) is 92.8 cm³/mol. The molecule has 1 unspecified atom stereocenters. The maximum absolute atomic E-state index is 12.6. The number of imidazole rings is 1. The van der Waals surface area contributed by atoms with E-state index in [0.717, 1.165) is 52.2 Å². The van der Waals surface area contributed by atoms with Gasteiger partial charge < -0.3 is 24.2 Å². The van der Waals surface area contributed by atoms with Crippen LogP contribution in [0.4, 0.5) is 13.2 Å². The van der Waals surface area contributed by atoms with Crippen molar-refractivity contribution in [2.45, 2.75) is 19.0 Å². The fourth-order valence-corrected chi connectivity index (χ4v) is 3.52. The first-order valence-electron chi connectivity index (χ1n) is 8.86. The number of nitrogens with zero attached hydrogens (tertiary/aromatic N) is 4. The van der Waals surface area contributed by atoms with Gasteiger partial charge in [0, 0.05) is 44.8 Å². The molecule has 0 bridgehead atoms. The molecule has 0 radical (unpaired) electrons. The van der Waals surface area contributed by atoms with Gasteiger partial charge in [-0.1, -0.05) is 0 Å². The molecule has 1 spiro atoms. The average molecular weight is 406 g/mol. The first-order chi connectivity index (χ1) is 13.0. The molecule has 0 saturated carbocycles. The molecule has 2 fully saturated rings. The molecule has 8 nitrogen and oxygen atoms in total. The maximum Gasteiger partial charge on any atom is 0.490 e. The molecule has 1 N–H and O–H groups in total. The molecule has 3 rings (SSSR count). The number of rotatable bonds is 1. The average Bonchev–Trinajstić information content (AvgIpc) is 2.96. The number of aliphatic carboxylic acids is 1. The van der Waals surface area contributed by atoms with Gasteiger partial charge in [0.05, 0.1) is 19.5 Å². The van der Waals surface area contributed by atoms with Crippen molar-refractivity contribution in [3.05, 3.63) is 18.2 Å². The van der Waals surface area contributed by atoms with E-state index in [4.69, 9.17) is 14.6 Å². The SMILES string of the molecule is CN1CCOCC2(CCCN(C(=O)c3cn(C)cn3)C2)C1.O=C(O)C(F)(F)F. The number of aryl methyl sites for hydroxylation is 1. The van der Waals surface area contributed by atoms with Crippen LogP contribution in [-0.2, 0) is 16.6 Å². The summed E-state index contributed by atoms with van der Waals surface area (Å²) >= 11 is 0. The Morgan fingerprint density at radius 2 is 1.93 bits per heavy atom. The van der Waals surface area contributed by atoms with Crippen LogP contribution in [0.5, 0.6) is 0 Å². The van der Waals surface area contributed by atoms with E-state index in [2.05, 4.69) is 16.9 Å². The van der Waals surface area contributed by atoms with Gasteiger partial charge in [-0.25, -0.2) is 9.78 Å². The highest BCUT2D eigenvalue weighted by molar-refractivity contribution is 5.92. The second-order valence-electron chi connectivity index (χ2n) is 7.35. The minimum atomic E-state index is -5.08. The number of likely N-dealkylation sites (N-methyl/N-ethyl adjacent to an activating group) is 1. The third-order valence-corrected chi connectivity index (χ3v) is 4.75. The smallest absolute Gasteiger partial charge is 0.475 e. The number of likely N-dealkylation sites (tertiary alicyclic amines) is 1. The Kier molecular flexibility index (Phi) is 7.05. The van der Waals surface area contributed by atoms with Crippen LogP contribution < -0.4 is 0 Å². The van der Waals surface area contributed by atoms with Gasteiger partial charge in [0.15, 0.2) is 0 Å². The molecule has 1 aromatic rings. The second-order valence-corrected chi connectivity index (χ2v) is 7.35. The molecule has 11 heteroatoms. The number of hydrogen-bond donors (Lipinski definition) is 1. The van der Waals surface area contributed by atoms with Crippen LogP contribution >= 0.6 is 0 Å². The van der Waals surface area contributed by atoms with Gasteiger partial charge >= 0.3 is 12.1 Å². The summed E-state index contributed by atoms with van der Waals surface area (Å²) in [4.78, 5) is 30.0. The van der Waals surface area contributed by atoms with Crippen molar-refractivity contribution in [3.8, 4) is 0 Å². The number of carboxylic acids is 1. The molecule has 0 aliphatic carbocycles. The number of ether oxygens (including phenoxy) is 1. The fraction of sp³-hybridized carbons (Fsp3) is 0.706. The number of alkyl halides is 3. The zero-order chi connectivity index (χ0) is 20.9. The largest absolute Gasteiger partial charge is 0.490 e. The topological polar surface area (TPSA) is 87.9 Å². The van der Waals surface area contributed by atoms with Crippen LogP contribution in [0.3, 0.4) is 0 Å². The molecule has 158 valence electrons. The third-order valence-electron chi connectivity index (χ3n) is 4.75. The van der Waals surface area contributed by atoms with Crippen LogP contribution in [0.2, 0.25) is 0 Å². The highest BCUT2D eigenvalue weighted by Crippen LogP contribution is 2.33. The number of carbonyl (C=O) groups excluding carboxylic acids is 1. The molecule has 1 atom stereocenters. The Morgan fingerprint density at radius 3 is 2.50 bits per heavy atom. The van der Waals surface area contributed by atoms with Gasteiger partial charge in [0.25, 0.3) is 5.91 Å². The summed E-state index contributed by atoms with van der Waals surface area (Å²) in [5.74, 6) is -2.71. The van der Waals surface area contributed by atoms with E-state index in [9.17, 15) is 18.0 Å². The predicted octanol–water partition coefficient (Wildman–Crippen LogP) is 1.24. The van der Waals surface area contributed by atoms with E-state index in [1.807, 2.05) is 16.5 Å². The van der Waals surface area contributed by atoms with Gasteiger partial charge in [-0.3, -0.25) is 4.79 Å². The summed E-state index contributed by atoms with van der Waals surface area (Å²) in [7, 11) is 4.02. The second kappa shape index (κ2) is 8.91. The van der Waals surface area contributed by atoms with E-state index in [0.29, 0.717) is 5.69 Å². The first-order valence-corrected chi connectivity index (χ1v) is 8.86. The van der Waals surface area contributed by atoms with Gasteiger partial charge in [-0.2, -0.15) is 13.2 Å². The van der Waals surface area contributed by atoms with E-state index in [1.165, 1.54) is 0 Å². The van der Waals surface area contributed by atoms with Gasteiger partial charge in [0.1, 0.15) is 5.69 Å². The van der Waals surface area contributed by atoms with Crippen LogP contribution in [0, 0.1) is 5.41 Å². The number of carbonyl (C=O) groups is 2. The number of carboxylic acid groups (broad SMARTS) is 1. The summed E-state index contributed by atoms with van der Waals surface area (Å²) in [5.41, 5.74) is 0.617. The van der Waals surface area contributed by atoms with Crippen molar-refractivity contribution >= 4 is 11.9 Å². The first kappa shape index (κ1) is 22.2. The van der Waals surface area contributed by atoms with Crippen molar-refractivity contribution in [2.75, 3.05) is 46.4 Å². The van der Waals surface area contributed by atoms with Crippen LogP contribution in [0.25, 0.3) is 0 Å². The number of aromatic nitrogens is 2. The van der Waals surface area contributed by atoms with Crippen molar-refractivity contribution in [2.24, 2.45) is 12.5 Å². The van der Waals surface area contributed by atoms with Gasteiger partial charge in [-0.15, -0.1) is 0 Å². The van der Waals surface area contributed by atoms with Crippen molar-refractivity contribution < 1.29 is 32.6 Å². The quantitative estimate of drug-likeness (QED) is 0.755. The van der Waals surface area contributed by atoms with E-state index >= 15 is 0 Å². The minimum absolute atomic E-state index is 0.0431. The number of halogens is 3. The Bertz CT molecular complexity index is 694. The minimum Gasteiger partial charge on any atom is -0.475 e. The summed E-state index contributed by atoms with van der Waals surface area (Å²) < 4.78 is 39.3. The summed E-state index contributed by atoms with van der Waals surface area (Å²) in [6.45, 7) is 5.10. The molecule has 1 aromatic heterocycles.